The van der Waals surface area contributed by atoms with Crippen LogP contribution >= 0.6 is 0 Å². The van der Waals surface area contributed by atoms with Crippen LogP contribution in [0.3, 0.4) is 0 Å². The van der Waals surface area contributed by atoms with Crippen LogP contribution in [0.2, 0.25) is 0 Å². The Morgan fingerprint density at radius 3 is 2.14 bits per heavy atom. The van der Waals surface area contributed by atoms with Gasteiger partial charge in [0.25, 0.3) is 5.91 Å². The second-order valence-electron chi connectivity index (χ2n) is 4.23. The zero-order valence-corrected chi connectivity index (χ0v) is 13.4. The summed E-state index contributed by atoms with van der Waals surface area (Å²) in [5, 5.41) is 5.22. The first kappa shape index (κ1) is 17.3. The minimum atomic E-state index is -4.10. The van der Waals surface area contributed by atoms with Crippen LogP contribution in [-0.4, -0.2) is 46.5 Å². The van der Waals surface area contributed by atoms with Gasteiger partial charge in [0, 0.05) is 25.2 Å². The number of rotatable bonds is 6. The van der Waals surface area contributed by atoms with Crippen molar-refractivity contribution < 1.29 is 22.7 Å². The van der Waals surface area contributed by atoms with Crippen molar-refractivity contribution in [2.75, 3.05) is 27.3 Å². The van der Waals surface area contributed by atoms with E-state index in [4.69, 9.17) is 14.6 Å². The van der Waals surface area contributed by atoms with Gasteiger partial charge in [-0.3, -0.25) is 4.79 Å². The molecule has 0 bridgehead atoms. The molecule has 0 aromatic heterocycles. The molecule has 118 valence electrons. The minimum absolute atomic E-state index is 0.0792. The fourth-order valence-electron chi connectivity index (χ4n) is 1.95. The Balaban J connectivity index is 3.65. The molecule has 0 aliphatic rings. The van der Waals surface area contributed by atoms with Crippen molar-refractivity contribution in [2.24, 2.45) is 5.14 Å². The van der Waals surface area contributed by atoms with Crippen LogP contribution in [0.1, 0.15) is 24.2 Å². The number of benzene rings is 1. The number of nitrogens with zero attached hydrogens (tertiary/aromatic N) is 1. The molecule has 1 aromatic carbocycles. The number of ether oxygens (including phenoxy) is 2. The van der Waals surface area contributed by atoms with Crippen LogP contribution in [0.15, 0.2) is 17.0 Å². The second kappa shape index (κ2) is 6.77. The number of amides is 1. The van der Waals surface area contributed by atoms with Crippen molar-refractivity contribution in [3.05, 3.63) is 17.7 Å². The summed E-state index contributed by atoms with van der Waals surface area (Å²) < 4.78 is 33.7. The van der Waals surface area contributed by atoms with Crippen LogP contribution in [0.4, 0.5) is 0 Å². The van der Waals surface area contributed by atoms with Gasteiger partial charge in [-0.25, -0.2) is 13.6 Å². The summed E-state index contributed by atoms with van der Waals surface area (Å²) in [6, 6.07) is 2.67. The first-order valence-corrected chi connectivity index (χ1v) is 7.92. The zero-order chi connectivity index (χ0) is 16.2. The van der Waals surface area contributed by atoms with E-state index in [1.807, 2.05) is 0 Å². The number of hydrogen-bond acceptors (Lipinski definition) is 5. The van der Waals surface area contributed by atoms with Crippen molar-refractivity contribution in [2.45, 2.75) is 18.7 Å². The number of hydrogen-bond donors (Lipinski definition) is 1. The Bertz CT molecular complexity index is 624. The molecule has 0 fully saturated rings. The predicted octanol–water partition coefficient (Wildman–Crippen LogP) is 0.833. The van der Waals surface area contributed by atoms with Crippen molar-refractivity contribution in [1.82, 2.24) is 4.90 Å². The highest BCUT2D eigenvalue weighted by Crippen LogP contribution is 2.32. The summed E-state index contributed by atoms with van der Waals surface area (Å²) >= 11 is 0. The molecule has 0 saturated carbocycles. The standard InChI is InChI=1S/C13H20N2O5S/c1-5-15(6-2)13(16)12-10(20-4)7-9(19-3)8-11(12)21(14,17)18/h7-8H,5-6H2,1-4H3,(H2,14,17,18). The molecule has 0 unspecified atom stereocenters. The molecule has 1 rings (SSSR count). The number of nitrogens with two attached hydrogens (primary N) is 1. The fourth-order valence-corrected chi connectivity index (χ4v) is 2.70. The van der Waals surface area contributed by atoms with E-state index in [0.29, 0.717) is 13.1 Å². The molecular weight excluding hydrogens is 296 g/mol. The maximum atomic E-state index is 12.5. The van der Waals surface area contributed by atoms with Crippen LogP contribution in [0.25, 0.3) is 0 Å². The molecule has 0 spiro atoms. The zero-order valence-electron chi connectivity index (χ0n) is 12.5. The Morgan fingerprint density at radius 1 is 1.19 bits per heavy atom. The van der Waals surface area contributed by atoms with E-state index in [2.05, 4.69) is 0 Å². The third kappa shape index (κ3) is 3.64. The molecule has 0 radical (unpaired) electrons. The van der Waals surface area contributed by atoms with Gasteiger partial charge in [0.1, 0.15) is 22.0 Å². The number of sulfonamides is 1. The summed E-state index contributed by atoms with van der Waals surface area (Å²) in [6.07, 6.45) is 0. The highest BCUT2D eigenvalue weighted by molar-refractivity contribution is 7.89. The van der Waals surface area contributed by atoms with E-state index >= 15 is 0 Å². The SMILES string of the molecule is CCN(CC)C(=O)c1c(OC)cc(OC)cc1S(N)(=O)=O. The number of carbonyl (C=O) groups excluding carboxylic acids is 1. The molecule has 0 aliphatic heterocycles. The van der Waals surface area contributed by atoms with Gasteiger partial charge in [-0.2, -0.15) is 0 Å². The lowest BCUT2D eigenvalue weighted by Crippen LogP contribution is -2.32. The lowest BCUT2D eigenvalue weighted by molar-refractivity contribution is 0.0765. The topological polar surface area (TPSA) is 98.9 Å². The first-order chi connectivity index (χ1) is 9.79. The second-order valence-corrected chi connectivity index (χ2v) is 5.76. The van der Waals surface area contributed by atoms with Crippen LogP contribution in [0, 0.1) is 0 Å². The molecule has 1 aromatic rings. The maximum Gasteiger partial charge on any atom is 0.258 e. The van der Waals surface area contributed by atoms with Gasteiger partial charge in [0.15, 0.2) is 0 Å². The lowest BCUT2D eigenvalue weighted by Gasteiger charge is -2.22. The summed E-state index contributed by atoms with van der Waals surface area (Å²) in [5.74, 6) is -0.106. The molecule has 0 aliphatic carbocycles. The number of primary sulfonamides is 1. The molecule has 0 atom stereocenters. The van der Waals surface area contributed by atoms with Crippen LogP contribution in [0.5, 0.6) is 11.5 Å². The monoisotopic (exact) mass is 316 g/mol. The summed E-state index contributed by atoms with van der Waals surface area (Å²) in [4.78, 5) is 13.7. The van der Waals surface area contributed by atoms with E-state index in [9.17, 15) is 13.2 Å². The van der Waals surface area contributed by atoms with Gasteiger partial charge in [-0.15, -0.1) is 0 Å². The third-order valence-electron chi connectivity index (χ3n) is 3.07. The average molecular weight is 316 g/mol. The Hall–Kier alpha value is -1.80. The Labute approximate surface area is 124 Å². The molecule has 2 N–H and O–H groups in total. The number of methoxy groups -OCH3 is 2. The summed E-state index contributed by atoms with van der Waals surface area (Å²) in [7, 11) is -1.37. The molecule has 0 heterocycles. The van der Waals surface area contributed by atoms with Gasteiger partial charge in [0.2, 0.25) is 10.0 Å². The quantitative estimate of drug-likeness (QED) is 0.838. The van der Waals surface area contributed by atoms with Gasteiger partial charge >= 0.3 is 0 Å². The molecular formula is C13H20N2O5S. The third-order valence-corrected chi connectivity index (χ3v) is 4.00. The van der Waals surface area contributed by atoms with E-state index in [0.717, 1.165) is 0 Å². The predicted molar refractivity (Wildman–Crippen MR) is 78.2 cm³/mol. The minimum Gasteiger partial charge on any atom is -0.497 e. The summed E-state index contributed by atoms with van der Waals surface area (Å²) in [5.41, 5.74) is -0.0792. The van der Waals surface area contributed by atoms with Crippen molar-refractivity contribution >= 4 is 15.9 Å². The largest absolute Gasteiger partial charge is 0.497 e. The van der Waals surface area contributed by atoms with E-state index in [1.54, 1.807) is 13.8 Å². The van der Waals surface area contributed by atoms with Gasteiger partial charge in [-0.05, 0) is 13.8 Å². The Morgan fingerprint density at radius 2 is 1.76 bits per heavy atom. The summed E-state index contributed by atoms with van der Waals surface area (Å²) in [6.45, 7) is 4.48. The first-order valence-electron chi connectivity index (χ1n) is 6.38. The van der Waals surface area contributed by atoms with Crippen molar-refractivity contribution in [3.63, 3.8) is 0 Å². The highest BCUT2D eigenvalue weighted by atomic mass is 32.2. The van der Waals surface area contributed by atoms with Gasteiger partial charge < -0.3 is 14.4 Å². The van der Waals surface area contributed by atoms with Crippen LogP contribution < -0.4 is 14.6 Å². The van der Waals surface area contributed by atoms with Gasteiger partial charge in [-0.1, -0.05) is 0 Å². The number of carbonyl (C=O) groups is 1. The fraction of sp³-hybridized carbons (Fsp3) is 0.462. The van der Waals surface area contributed by atoms with Crippen molar-refractivity contribution in [1.29, 1.82) is 0 Å². The lowest BCUT2D eigenvalue weighted by atomic mass is 10.1. The highest BCUT2D eigenvalue weighted by Gasteiger charge is 2.27. The molecule has 1 amide bonds. The molecule has 0 saturated heterocycles. The smallest absolute Gasteiger partial charge is 0.258 e. The molecule has 8 heteroatoms. The van der Waals surface area contributed by atoms with Gasteiger partial charge in [0.05, 0.1) is 14.2 Å². The molecule has 7 nitrogen and oxygen atoms in total. The van der Waals surface area contributed by atoms with Crippen molar-refractivity contribution in [3.8, 4) is 11.5 Å². The average Bonchev–Trinajstić information content (AvgIpc) is 2.45. The van der Waals surface area contributed by atoms with E-state index in [1.165, 1.54) is 31.3 Å². The van der Waals surface area contributed by atoms with E-state index in [-0.39, 0.29) is 22.0 Å². The van der Waals surface area contributed by atoms with E-state index < -0.39 is 15.9 Å². The Kier molecular flexibility index (Phi) is 5.56. The normalized spacial score (nSPS) is 11.1. The molecule has 21 heavy (non-hydrogen) atoms. The maximum absolute atomic E-state index is 12.5. The van der Waals surface area contributed by atoms with Crippen LogP contribution in [-0.2, 0) is 10.0 Å².